The van der Waals surface area contributed by atoms with Crippen molar-refractivity contribution in [1.29, 1.82) is 0 Å². The summed E-state index contributed by atoms with van der Waals surface area (Å²) in [5.41, 5.74) is 0. The minimum Gasteiger partial charge on any atom is -0.466 e. The molecule has 0 saturated carbocycles. The Kier molecular flexibility index (Phi) is 7.33. The van der Waals surface area contributed by atoms with Crippen LogP contribution in [0.25, 0.3) is 0 Å². The van der Waals surface area contributed by atoms with E-state index in [1.165, 1.54) is 7.11 Å². The second-order valence-corrected chi connectivity index (χ2v) is 3.34. The molecule has 1 amide bonds. The van der Waals surface area contributed by atoms with E-state index in [9.17, 15) is 22.8 Å². The Balaban J connectivity index is 4.40. The number of esters is 1. The zero-order valence-corrected chi connectivity index (χ0v) is 10.2. The Morgan fingerprint density at radius 3 is 2.28 bits per heavy atom. The summed E-state index contributed by atoms with van der Waals surface area (Å²) < 4.78 is 45.9. The lowest BCUT2D eigenvalue weighted by Gasteiger charge is -2.22. The Labute approximate surface area is 103 Å². The van der Waals surface area contributed by atoms with E-state index >= 15 is 0 Å². The number of alkyl halides is 3. The van der Waals surface area contributed by atoms with Crippen molar-refractivity contribution in [2.75, 3.05) is 33.4 Å². The molecule has 0 N–H and O–H groups in total. The van der Waals surface area contributed by atoms with E-state index in [1.54, 1.807) is 6.92 Å². The fourth-order valence-electron chi connectivity index (χ4n) is 1.16. The number of ether oxygens (including phenoxy) is 2. The molecule has 8 heteroatoms. The van der Waals surface area contributed by atoms with Gasteiger partial charge in [0.2, 0.25) is 0 Å². The highest BCUT2D eigenvalue weighted by atomic mass is 19.4. The number of hydrogen-bond donors (Lipinski definition) is 0. The lowest BCUT2D eigenvalue weighted by atomic mass is 10.3. The SMILES string of the molecule is CCOC(=O)CCN(CCOC)C(=O)C(F)(F)F. The first-order valence-corrected chi connectivity index (χ1v) is 5.33. The molecule has 0 aromatic carbocycles. The highest BCUT2D eigenvalue weighted by Gasteiger charge is 2.42. The van der Waals surface area contributed by atoms with Crippen LogP contribution in [0.4, 0.5) is 13.2 Å². The molecule has 0 atom stereocenters. The van der Waals surface area contributed by atoms with Crippen LogP contribution in [0, 0.1) is 0 Å². The first-order chi connectivity index (χ1) is 8.32. The molecular formula is C10H16F3NO4. The van der Waals surface area contributed by atoms with Gasteiger partial charge in [0.05, 0.1) is 19.6 Å². The van der Waals surface area contributed by atoms with Gasteiger partial charge in [0, 0.05) is 20.2 Å². The van der Waals surface area contributed by atoms with Crippen LogP contribution in [0.3, 0.4) is 0 Å². The van der Waals surface area contributed by atoms with Gasteiger partial charge in [-0.3, -0.25) is 9.59 Å². The summed E-state index contributed by atoms with van der Waals surface area (Å²) in [7, 11) is 1.31. The van der Waals surface area contributed by atoms with Gasteiger partial charge in [0.15, 0.2) is 0 Å². The molecule has 0 rings (SSSR count). The first-order valence-electron chi connectivity index (χ1n) is 5.33. The normalized spacial score (nSPS) is 11.2. The molecule has 5 nitrogen and oxygen atoms in total. The zero-order chi connectivity index (χ0) is 14.2. The Bertz CT molecular complexity index is 281. The van der Waals surface area contributed by atoms with Gasteiger partial charge in [0.25, 0.3) is 0 Å². The van der Waals surface area contributed by atoms with Crippen LogP contribution in [0.1, 0.15) is 13.3 Å². The number of carbonyl (C=O) groups is 2. The van der Waals surface area contributed by atoms with Crippen LogP contribution in [-0.2, 0) is 19.1 Å². The maximum atomic E-state index is 12.3. The van der Waals surface area contributed by atoms with Gasteiger partial charge < -0.3 is 14.4 Å². The number of halogens is 3. The summed E-state index contributed by atoms with van der Waals surface area (Å²) in [6.45, 7) is 1.12. The zero-order valence-electron chi connectivity index (χ0n) is 10.2. The molecule has 0 aromatic rings. The molecule has 0 saturated heterocycles. The number of carbonyl (C=O) groups excluding carboxylic acids is 2. The molecule has 0 spiro atoms. The molecule has 0 heterocycles. The molecule has 0 bridgehead atoms. The molecule has 0 aliphatic rings. The number of rotatable bonds is 7. The van der Waals surface area contributed by atoms with Gasteiger partial charge in [-0.05, 0) is 6.92 Å². The van der Waals surface area contributed by atoms with Crippen molar-refractivity contribution in [3.63, 3.8) is 0 Å². The van der Waals surface area contributed by atoms with E-state index in [1.807, 2.05) is 0 Å². The first kappa shape index (κ1) is 16.7. The second kappa shape index (κ2) is 7.91. The van der Waals surface area contributed by atoms with Crippen LogP contribution in [0.5, 0.6) is 0 Å². The van der Waals surface area contributed by atoms with Crippen LogP contribution in [0.2, 0.25) is 0 Å². The average molecular weight is 271 g/mol. The van der Waals surface area contributed by atoms with Crippen molar-refractivity contribution in [1.82, 2.24) is 4.90 Å². The number of methoxy groups -OCH3 is 1. The lowest BCUT2D eigenvalue weighted by Crippen LogP contribution is -2.43. The highest BCUT2D eigenvalue weighted by Crippen LogP contribution is 2.18. The fourth-order valence-corrected chi connectivity index (χ4v) is 1.16. The van der Waals surface area contributed by atoms with Gasteiger partial charge in [0.1, 0.15) is 0 Å². The molecule has 0 unspecified atom stereocenters. The summed E-state index contributed by atoms with van der Waals surface area (Å²) >= 11 is 0. The molecule has 0 radical (unpaired) electrons. The third-order valence-electron chi connectivity index (χ3n) is 1.99. The fraction of sp³-hybridized carbons (Fsp3) is 0.800. The highest BCUT2D eigenvalue weighted by molar-refractivity contribution is 5.82. The molecular weight excluding hydrogens is 255 g/mol. The average Bonchev–Trinajstić information content (AvgIpc) is 2.27. The third kappa shape index (κ3) is 6.43. The lowest BCUT2D eigenvalue weighted by molar-refractivity contribution is -0.186. The van der Waals surface area contributed by atoms with E-state index in [4.69, 9.17) is 0 Å². The minimum absolute atomic E-state index is 0.0371. The van der Waals surface area contributed by atoms with Crippen molar-refractivity contribution in [2.24, 2.45) is 0 Å². The molecule has 106 valence electrons. The van der Waals surface area contributed by atoms with E-state index in [0.717, 1.165) is 0 Å². The van der Waals surface area contributed by atoms with Gasteiger partial charge in [-0.25, -0.2) is 0 Å². The predicted octanol–water partition coefficient (Wildman–Crippen LogP) is 0.977. The van der Waals surface area contributed by atoms with Crippen LogP contribution < -0.4 is 0 Å². The van der Waals surface area contributed by atoms with Gasteiger partial charge in [-0.2, -0.15) is 13.2 Å². The molecule has 0 aromatic heterocycles. The van der Waals surface area contributed by atoms with Crippen LogP contribution >= 0.6 is 0 Å². The maximum Gasteiger partial charge on any atom is 0.471 e. The quantitative estimate of drug-likeness (QED) is 0.648. The van der Waals surface area contributed by atoms with Crippen LogP contribution in [-0.4, -0.2) is 56.4 Å². The molecule has 0 fully saturated rings. The number of nitrogens with zero attached hydrogens (tertiary/aromatic N) is 1. The maximum absolute atomic E-state index is 12.3. The third-order valence-corrected chi connectivity index (χ3v) is 1.99. The van der Waals surface area contributed by atoms with Crippen molar-refractivity contribution in [3.8, 4) is 0 Å². The smallest absolute Gasteiger partial charge is 0.466 e. The Morgan fingerprint density at radius 2 is 1.83 bits per heavy atom. The Hall–Kier alpha value is -1.31. The van der Waals surface area contributed by atoms with E-state index in [0.29, 0.717) is 4.90 Å². The topological polar surface area (TPSA) is 55.8 Å². The predicted molar refractivity (Wildman–Crippen MR) is 55.8 cm³/mol. The van der Waals surface area contributed by atoms with Gasteiger partial charge in [-0.15, -0.1) is 0 Å². The van der Waals surface area contributed by atoms with E-state index in [-0.39, 0.29) is 32.7 Å². The number of amides is 1. The summed E-state index contributed by atoms with van der Waals surface area (Å²) in [6, 6.07) is 0. The summed E-state index contributed by atoms with van der Waals surface area (Å²) in [4.78, 5) is 22.6. The largest absolute Gasteiger partial charge is 0.471 e. The number of hydrogen-bond acceptors (Lipinski definition) is 4. The second-order valence-electron chi connectivity index (χ2n) is 3.34. The summed E-state index contributed by atoms with van der Waals surface area (Å²) in [5, 5.41) is 0. The van der Waals surface area contributed by atoms with E-state index in [2.05, 4.69) is 9.47 Å². The molecule has 18 heavy (non-hydrogen) atoms. The summed E-state index contributed by atoms with van der Waals surface area (Å²) in [5.74, 6) is -2.63. The minimum atomic E-state index is -4.96. The van der Waals surface area contributed by atoms with Crippen molar-refractivity contribution < 1.29 is 32.2 Å². The van der Waals surface area contributed by atoms with Gasteiger partial charge >= 0.3 is 18.1 Å². The standard InChI is InChI=1S/C10H16F3NO4/c1-3-18-8(15)4-5-14(6-7-17-2)9(16)10(11,12)13/h3-7H2,1-2H3. The van der Waals surface area contributed by atoms with Crippen molar-refractivity contribution in [3.05, 3.63) is 0 Å². The van der Waals surface area contributed by atoms with Crippen LogP contribution in [0.15, 0.2) is 0 Å². The Morgan fingerprint density at radius 1 is 1.22 bits per heavy atom. The van der Waals surface area contributed by atoms with Crippen molar-refractivity contribution in [2.45, 2.75) is 19.5 Å². The van der Waals surface area contributed by atoms with Crippen molar-refractivity contribution >= 4 is 11.9 Å². The summed E-state index contributed by atoms with van der Waals surface area (Å²) in [6.07, 6.45) is -5.23. The monoisotopic (exact) mass is 271 g/mol. The molecule has 0 aliphatic carbocycles. The van der Waals surface area contributed by atoms with Gasteiger partial charge in [-0.1, -0.05) is 0 Å². The van der Waals surface area contributed by atoms with E-state index < -0.39 is 18.1 Å². The molecule has 0 aliphatic heterocycles.